The normalized spacial score (nSPS) is 17.2. The largest absolute Gasteiger partial charge is 0.396 e. The number of nitrogens with zero attached hydrogens (tertiary/aromatic N) is 3. The van der Waals surface area contributed by atoms with Crippen LogP contribution in [0.1, 0.15) is 61.8 Å². The summed E-state index contributed by atoms with van der Waals surface area (Å²) >= 11 is 0. The van der Waals surface area contributed by atoms with Gasteiger partial charge in [-0.1, -0.05) is 19.1 Å². The van der Waals surface area contributed by atoms with Crippen LogP contribution in [0.4, 0.5) is 0 Å². The van der Waals surface area contributed by atoms with Crippen LogP contribution in [0.25, 0.3) is 0 Å². The zero-order valence-corrected chi connectivity index (χ0v) is 15.1. The van der Waals surface area contributed by atoms with Crippen molar-refractivity contribution in [1.29, 1.82) is 0 Å². The Morgan fingerprint density at radius 2 is 2.12 bits per heavy atom. The van der Waals surface area contributed by atoms with Gasteiger partial charge in [0, 0.05) is 13.2 Å². The molecule has 2 rings (SSSR count). The zero-order chi connectivity index (χ0) is 17.5. The highest BCUT2D eigenvalue weighted by molar-refractivity contribution is 5.93. The molecule has 0 aliphatic carbocycles. The van der Waals surface area contributed by atoms with Crippen LogP contribution in [-0.4, -0.2) is 52.2 Å². The molecule has 0 bridgehead atoms. The van der Waals surface area contributed by atoms with E-state index in [4.69, 9.17) is 0 Å². The van der Waals surface area contributed by atoms with Gasteiger partial charge in [0.05, 0.1) is 11.7 Å². The predicted molar refractivity (Wildman–Crippen MR) is 92.9 cm³/mol. The summed E-state index contributed by atoms with van der Waals surface area (Å²) in [6, 6.07) is 0.323. The summed E-state index contributed by atoms with van der Waals surface area (Å²) in [5.74, 6) is 0.666. The number of hydrogen-bond donors (Lipinski definition) is 3. The standard InChI is InChI=1S/C17H31N5O2/c1-12(2)10-14(6-9-23)11-19-17(24)16-13(3)22(21-20-16)15-4-7-18-8-5-15/h12,14-15,18,23H,4-11H2,1-3H3,(H,19,24). The molecule has 24 heavy (non-hydrogen) atoms. The van der Waals surface area contributed by atoms with Gasteiger partial charge in [-0.2, -0.15) is 0 Å². The highest BCUT2D eigenvalue weighted by Crippen LogP contribution is 2.20. The number of piperidine rings is 1. The Balaban J connectivity index is 1.95. The molecule has 1 atom stereocenters. The van der Waals surface area contributed by atoms with Gasteiger partial charge in [0.2, 0.25) is 0 Å². The van der Waals surface area contributed by atoms with Gasteiger partial charge < -0.3 is 15.7 Å². The number of aliphatic hydroxyl groups is 1. The Hall–Kier alpha value is -1.47. The SMILES string of the molecule is Cc1c(C(=O)NCC(CCO)CC(C)C)nnn1C1CCNCC1. The van der Waals surface area contributed by atoms with Crippen molar-refractivity contribution in [1.82, 2.24) is 25.6 Å². The first-order valence-electron chi connectivity index (χ1n) is 9.04. The van der Waals surface area contributed by atoms with Crippen molar-refractivity contribution in [2.45, 2.75) is 52.5 Å². The third-order valence-electron chi connectivity index (χ3n) is 4.69. The van der Waals surface area contributed by atoms with Crippen LogP contribution in [0.15, 0.2) is 0 Å². The summed E-state index contributed by atoms with van der Waals surface area (Å²) < 4.78 is 1.90. The fourth-order valence-corrected chi connectivity index (χ4v) is 3.42. The summed E-state index contributed by atoms with van der Waals surface area (Å²) in [5.41, 5.74) is 1.25. The molecule has 7 heteroatoms. The molecule has 2 heterocycles. The molecule has 1 unspecified atom stereocenters. The molecule has 1 aromatic rings. The maximum absolute atomic E-state index is 12.5. The van der Waals surface area contributed by atoms with Crippen molar-refractivity contribution in [2.75, 3.05) is 26.2 Å². The first-order valence-corrected chi connectivity index (χ1v) is 9.04. The average Bonchev–Trinajstić information content (AvgIpc) is 2.94. The third-order valence-corrected chi connectivity index (χ3v) is 4.69. The lowest BCUT2D eigenvalue weighted by molar-refractivity contribution is 0.0935. The maximum atomic E-state index is 12.5. The van der Waals surface area contributed by atoms with E-state index in [1.807, 2.05) is 11.6 Å². The fourth-order valence-electron chi connectivity index (χ4n) is 3.42. The minimum atomic E-state index is -0.167. The number of hydrogen-bond acceptors (Lipinski definition) is 5. The molecule has 7 nitrogen and oxygen atoms in total. The first kappa shape index (κ1) is 18.9. The van der Waals surface area contributed by atoms with Crippen LogP contribution >= 0.6 is 0 Å². The minimum absolute atomic E-state index is 0.151. The molecule has 1 fully saturated rings. The summed E-state index contributed by atoms with van der Waals surface area (Å²) in [6.45, 7) is 8.89. The van der Waals surface area contributed by atoms with Gasteiger partial charge in [-0.25, -0.2) is 4.68 Å². The quantitative estimate of drug-likeness (QED) is 0.665. The number of aliphatic hydroxyl groups excluding tert-OH is 1. The van der Waals surface area contributed by atoms with Crippen LogP contribution in [-0.2, 0) is 0 Å². The molecule has 1 aliphatic heterocycles. The van der Waals surface area contributed by atoms with Crippen LogP contribution < -0.4 is 10.6 Å². The van der Waals surface area contributed by atoms with Crippen LogP contribution in [0.5, 0.6) is 0 Å². The molecule has 3 N–H and O–H groups in total. The van der Waals surface area contributed by atoms with E-state index in [1.165, 1.54) is 0 Å². The second-order valence-corrected chi connectivity index (χ2v) is 7.17. The van der Waals surface area contributed by atoms with E-state index < -0.39 is 0 Å². The highest BCUT2D eigenvalue weighted by atomic mass is 16.3. The van der Waals surface area contributed by atoms with Gasteiger partial charge in [0.15, 0.2) is 5.69 Å². The van der Waals surface area contributed by atoms with E-state index in [9.17, 15) is 9.90 Å². The molecule has 1 amide bonds. The molecular formula is C17H31N5O2. The van der Waals surface area contributed by atoms with E-state index in [1.54, 1.807) is 0 Å². The third kappa shape index (κ3) is 5.01. The van der Waals surface area contributed by atoms with E-state index in [-0.39, 0.29) is 12.5 Å². The smallest absolute Gasteiger partial charge is 0.273 e. The molecule has 0 radical (unpaired) electrons. The number of aromatic nitrogens is 3. The molecule has 1 aromatic heterocycles. The van der Waals surface area contributed by atoms with E-state index >= 15 is 0 Å². The van der Waals surface area contributed by atoms with Crippen LogP contribution in [0.2, 0.25) is 0 Å². The Morgan fingerprint density at radius 3 is 2.75 bits per heavy atom. The van der Waals surface area contributed by atoms with Crippen molar-refractivity contribution < 1.29 is 9.90 Å². The van der Waals surface area contributed by atoms with Crippen molar-refractivity contribution in [3.8, 4) is 0 Å². The Morgan fingerprint density at radius 1 is 1.42 bits per heavy atom. The Labute approximate surface area is 144 Å². The van der Waals surface area contributed by atoms with Crippen molar-refractivity contribution in [3.63, 3.8) is 0 Å². The Bertz CT molecular complexity index is 523. The lowest BCUT2D eigenvalue weighted by atomic mass is 9.94. The van der Waals surface area contributed by atoms with Crippen molar-refractivity contribution >= 4 is 5.91 Å². The zero-order valence-electron chi connectivity index (χ0n) is 15.1. The van der Waals surface area contributed by atoms with E-state index in [2.05, 4.69) is 34.8 Å². The number of amides is 1. The van der Waals surface area contributed by atoms with E-state index in [0.717, 1.165) is 38.0 Å². The van der Waals surface area contributed by atoms with Gasteiger partial charge >= 0.3 is 0 Å². The summed E-state index contributed by atoms with van der Waals surface area (Å²) in [6.07, 6.45) is 3.72. The molecule has 0 aromatic carbocycles. The molecule has 1 saturated heterocycles. The van der Waals surface area contributed by atoms with Gasteiger partial charge in [0.1, 0.15) is 0 Å². The average molecular weight is 337 g/mol. The van der Waals surface area contributed by atoms with E-state index in [0.29, 0.717) is 36.5 Å². The Kier molecular flexibility index (Phi) is 7.17. The maximum Gasteiger partial charge on any atom is 0.273 e. The van der Waals surface area contributed by atoms with Gasteiger partial charge in [-0.3, -0.25) is 4.79 Å². The molecule has 136 valence electrons. The van der Waals surface area contributed by atoms with Gasteiger partial charge in [-0.05, 0) is 57.5 Å². The van der Waals surface area contributed by atoms with Crippen LogP contribution in [0, 0.1) is 18.8 Å². The second kappa shape index (κ2) is 9.13. The molecule has 0 saturated carbocycles. The lowest BCUT2D eigenvalue weighted by Gasteiger charge is -2.23. The van der Waals surface area contributed by atoms with Gasteiger partial charge in [0.25, 0.3) is 5.91 Å². The number of rotatable bonds is 8. The molecule has 0 spiro atoms. The predicted octanol–water partition coefficient (Wildman–Crippen LogP) is 1.29. The van der Waals surface area contributed by atoms with Crippen LogP contribution in [0.3, 0.4) is 0 Å². The first-order chi connectivity index (χ1) is 11.5. The lowest BCUT2D eigenvalue weighted by Crippen LogP contribution is -2.32. The minimum Gasteiger partial charge on any atom is -0.396 e. The summed E-state index contributed by atoms with van der Waals surface area (Å²) in [5, 5.41) is 23.8. The topological polar surface area (TPSA) is 92.1 Å². The number of carbonyl (C=O) groups excluding carboxylic acids is 1. The highest BCUT2D eigenvalue weighted by Gasteiger charge is 2.23. The number of carbonyl (C=O) groups is 1. The number of nitrogens with one attached hydrogen (secondary N) is 2. The molecular weight excluding hydrogens is 306 g/mol. The summed E-state index contributed by atoms with van der Waals surface area (Å²) in [7, 11) is 0. The van der Waals surface area contributed by atoms with Crippen molar-refractivity contribution in [3.05, 3.63) is 11.4 Å². The monoisotopic (exact) mass is 337 g/mol. The fraction of sp³-hybridized carbons (Fsp3) is 0.824. The molecule has 1 aliphatic rings. The summed E-state index contributed by atoms with van der Waals surface area (Å²) in [4.78, 5) is 12.5. The second-order valence-electron chi connectivity index (χ2n) is 7.17. The van der Waals surface area contributed by atoms with Crippen molar-refractivity contribution in [2.24, 2.45) is 11.8 Å². The van der Waals surface area contributed by atoms with Gasteiger partial charge in [-0.15, -0.1) is 5.10 Å².